The number of rotatable bonds is 5. The molecule has 0 heterocycles. The Morgan fingerprint density at radius 1 is 1.11 bits per heavy atom. The molecule has 0 amide bonds. The Bertz CT molecular complexity index is 459. The monoisotopic (exact) mass is 262 g/mol. The van der Waals surface area contributed by atoms with E-state index in [0.717, 1.165) is 29.9 Å². The van der Waals surface area contributed by atoms with Gasteiger partial charge in [-0.05, 0) is 56.2 Å². The highest BCUT2D eigenvalue weighted by Crippen LogP contribution is 2.66. The number of aliphatic hydroxyl groups is 1. The van der Waals surface area contributed by atoms with E-state index in [-0.39, 0.29) is 0 Å². The lowest BCUT2D eigenvalue weighted by atomic mass is 9.99. The third-order valence-electron chi connectivity index (χ3n) is 4.54. The van der Waals surface area contributed by atoms with Crippen molar-refractivity contribution in [1.29, 1.82) is 0 Å². The average molecular weight is 262 g/mol. The molecule has 0 aliphatic heterocycles. The number of hydrogen-bond donors (Lipinski definition) is 1. The molecule has 3 heteroatoms. The maximum atomic E-state index is 10.8. The standard InChI is InChI=1S/C16H22O3/c1-3-18-14-9-8-11(10-15(14)19-4-2)16(17)12-6-5-7-13(12)16/h8-10,12-13,17H,3-7H2,1-2H3. The predicted octanol–water partition coefficient (Wildman–Crippen LogP) is 3.10. The van der Waals surface area contributed by atoms with Crippen molar-refractivity contribution in [2.45, 2.75) is 38.7 Å². The Balaban J connectivity index is 1.89. The highest BCUT2D eigenvalue weighted by Gasteiger charge is 2.66. The van der Waals surface area contributed by atoms with Crippen LogP contribution in [0.2, 0.25) is 0 Å². The SMILES string of the molecule is CCOc1ccc(C2(O)C3CCCC32)cc1OCC. The van der Waals surface area contributed by atoms with Crippen LogP contribution in [0.25, 0.3) is 0 Å². The molecule has 3 rings (SSSR count). The van der Waals surface area contributed by atoms with E-state index >= 15 is 0 Å². The second-order valence-corrected chi connectivity index (χ2v) is 5.50. The highest BCUT2D eigenvalue weighted by molar-refractivity contribution is 5.47. The van der Waals surface area contributed by atoms with Crippen LogP contribution < -0.4 is 9.47 Å². The van der Waals surface area contributed by atoms with Gasteiger partial charge in [0, 0.05) is 0 Å². The first-order valence-electron chi connectivity index (χ1n) is 7.34. The molecule has 2 unspecified atom stereocenters. The van der Waals surface area contributed by atoms with E-state index in [4.69, 9.17) is 9.47 Å². The fourth-order valence-electron chi connectivity index (χ4n) is 3.65. The minimum Gasteiger partial charge on any atom is -0.490 e. The Hall–Kier alpha value is -1.22. The Labute approximate surface area is 114 Å². The van der Waals surface area contributed by atoms with Gasteiger partial charge in [-0.15, -0.1) is 0 Å². The van der Waals surface area contributed by atoms with Crippen molar-refractivity contribution in [2.24, 2.45) is 11.8 Å². The summed E-state index contributed by atoms with van der Waals surface area (Å²) in [4.78, 5) is 0. The smallest absolute Gasteiger partial charge is 0.161 e. The number of fused-ring (bicyclic) bond motifs is 1. The van der Waals surface area contributed by atoms with Crippen LogP contribution in [-0.4, -0.2) is 18.3 Å². The molecule has 3 nitrogen and oxygen atoms in total. The van der Waals surface area contributed by atoms with E-state index in [1.54, 1.807) is 0 Å². The molecule has 0 saturated heterocycles. The third kappa shape index (κ3) is 1.91. The molecule has 104 valence electrons. The van der Waals surface area contributed by atoms with Crippen LogP contribution in [0.15, 0.2) is 18.2 Å². The van der Waals surface area contributed by atoms with Crippen LogP contribution in [0.3, 0.4) is 0 Å². The van der Waals surface area contributed by atoms with E-state index in [9.17, 15) is 5.11 Å². The van der Waals surface area contributed by atoms with Crippen molar-refractivity contribution >= 4 is 0 Å². The van der Waals surface area contributed by atoms with Crippen molar-refractivity contribution in [3.8, 4) is 11.5 Å². The van der Waals surface area contributed by atoms with E-state index in [1.165, 1.54) is 6.42 Å². The molecule has 2 aliphatic rings. The minimum absolute atomic E-state index is 0.458. The molecule has 0 bridgehead atoms. The van der Waals surface area contributed by atoms with Crippen LogP contribution in [0.4, 0.5) is 0 Å². The lowest BCUT2D eigenvalue weighted by Crippen LogP contribution is -2.13. The zero-order chi connectivity index (χ0) is 13.5. The summed E-state index contributed by atoms with van der Waals surface area (Å²) in [6.07, 6.45) is 3.56. The molecule has 0 spiro atoms. The molecule has 2 saturated carbocycles. The van der Waals surface area contributed by atoms with Crippen molar-refractivity contribution in [3.05, 3.63) is 23.8 Å². The fraction of sp³-hybridized carbons (Fsp3) is 0.625. The lowest BCUT2D eigenvalue weighted by Gasteiger charge is -2.18. The molecule has 0 aromatic heterocycles. The maximum absolute atomic E-state index is 10.8. The Kier molecular flexibility index (Phi) is 3.17. The lowest BCUT2D eigenvalue weighted by molar-refractivity contribution is 0.105. The highest BCUT2D eigenvalue weighted by atomic mass is 16.5. The van der Waals surface area contributed by atoms with E-state index in [1.807, 2.05) is 32.0 Å². The number of benzene rings is 1. The van der Waals surface area contributed by atoms with Gasteiger partial charge in [-0.2, -0.15) is 0 Å². The minimum atomic E-state index is -0.602. The van der Waals surface area contributed by atoms with E-state index in [0.29, 0.717) is 25.0 Å². The van der Waals surface area contributed by atoms with Gasteiger partial charge in [-0.1, -0.05) is 12.5 Å². The van der Waals surface area contributed by atoms with Gasteiger partial charge in [0.25, 0.3) is 0 Å². The van der Waals surface area contributed by atoms with Crippen LogP contribution in [-0.2, 0) is 5.60 Å². The largest absolute Gasteiger partial charge is 0.490 e. The van der Waals surface area contributed by atoms with E-state index in [2.05, 4.69) is 0 Å². The first-order chi connectivity index (χ1) is 9.21. The van der Waals surface area contributed by atoms with Gasteiger partial charge < -0.3 is 14.6 Å². The molecule has 2 aliphatic carbocycles. The summed E-state index contributed by atoms with van der Waals surface area (Å²) in [6.45, 7) is 5.15. The normalized spacial score (nSPS) is 31.9. The number of ether oxygens (including phenoxy) is 2. The molecule has 2 fully saturated rings. The van der Waals surface area contributed by atoms with Gasteiger partial charge >= 0.3 is 0 Å². The van der Waals surface area contributed by atoms with Gasteiger partial charge in [0.15, 0.2) is 11.5 Å². The summed E-state index contributed by atoms with van der Waals surface area (Å²) in [5.74, 6) is 2.43. The first kappa shape index (κ1) is 12.8. The zero-order valence-corrected chi connectivity index (χ0v) is 11.7. The molecule has 2 atom stereocenters. The molecular weight excluding hydrogens is 240 g/mol. The third-order valence-corrected chi connectivity index (χ3v) is 4.54. The van der Waals surface area contributed by atoms with Crippen molar-refractivity contribution in [1.82, 2.24) is 0 Å². The molecule has 0 radical (unpaired) electrons. The van der Waals surface area contributed by atoms with Crippen molar-refractivity contribution in [2.75, 3.05) is 13.2 Å². The van der Waals surface area contributed by atoms with Crippen molar-refractivity contribution < 1.29 is 14.6 Å². The first-order valence-corrected chi connectivity index (χ1v) is 7.34. The summed E-state index contributed by atoms with van der Waals surface area (Å²) < 4.78 is 11.2. The van der Waals surface area contributed by atoms with Crippen LogP contribution in [0, 0.1) is 11.8 Å². The number of hydrogen-bond acceptors (Lipinski definition) is 3. The molecule has 1 aromatic carbocycles. The van der Waals surface area contributed by atoms with Gasteiger partial charge in [0.2, 0.25) is 0 Å². The van der Waals surface area contributed by atoms with Crippen LogP contribution >= 0.6 is 0 Å². The van der Waals surface area contributed by atoms with Crippen LogP contribution in [0.1, 0.15) is 38.7 Å². The fourth-order valence-corrected chi connectivity index (χ4v) is 3.65. The maximum Gasteiger partial charge on any atom is 0.161 e. The summed E-state index contributed by atoms with van der Waals surface area (Å²) >= 11 is 0. The van der Waals surface area contributed by atoms with Gasteiger partial charge in [-0.3, -0.25) is 0 Å². The van der Waals surface area contributed by atoms with E-state index < -0.39 is 5.60 Å². The van der Waals surface area contributed by atoms with Crippen molar-refractivity contribution in [3.63, 3.8) is 0 Å². The average Bonchev–Trinajstić information content (AvgIpc) is 2.80. The summed E-state index contributed by atoms with van der Waals surface area (Å²) in [7, 11) is 0. The zero-order valence-electron chi connectivity index (χ0n) is 11.7. The second-order valence-electron chi connectivity index (χ2n) is 5.50. The molecular formula is C16H22O3. The van der Waals surface area contributed by atoms with Crippen LogP contribution in [0.5, 0.6) is 11.5 Å². The molecule has 1 N–H and O–H groups in total. The predicted molar refractivity (Wildman–Crippen MR) is 73.5 cm³/mol. The second kappa shape index (κ2) is 4.71. The van der Waals surface area contributed by atoms with Gasteiger partial charge in [0.05, 0.1) is 18.8 Å². The summed E-state index contributed by atoms with van der Waals surface area (Å²) in [5, 5.41) is 10.8. The Morgan fingerprint density at radius 3 is 2.37 bits per heavy atom. The summed E-state index contributed by atoms with van der Waals surface area (Å²) in [6, 6.07) is 5.88. The van der Waals surface area contributed by atoms with Gasteiger partial charge in [0.1, 0.15) is 0 Å². The molecule has 19 heavy (non-hydrogen) atoms. The van der Waals surface area contributed by atoms with Gasteiger partial charge in [-0.25, -0.2) is 0 Å². The Morgan fingerprint density at radius 2 is 1.74 bits per heavy atom. The summed E-state index contributed by atoms with van der Waals surface area (Å²) in [5.41, 5.74) is 0.392. The quantitative estimate of drug-likeness (QED) is 0.886. The topological polar surface area (TPSA) is 38.7 Å². The molecule has 1 aromatic rings.